The van der Waals surface area contributed by atoms with E-state index in [0.717, 1.165) is 38.8 Å². The molecule has 0 unspecified atom stereocenters. The third-order valence-electron chi connectivity index (χ3n) is 8.96. The van der Waals surface area contributed by atoms with Crippen LogP contribution in [0.3, 0.4) is 0 Å². The van der Waals surface area contributed by atoms with Gasteiger partial charge in [-0.15, -0.1) is 11.3 Å². The largest absolute Gasteiger partial charge is 0.455 e. The van der Waals surface area contributed by atoms with Gasteiger partial charge < -0.3 is 8.98 Å². The van der Waals surface area contributed by atoms with Crippen molar-refractivity contribution >= 4 is 86.0 Å². The van der Waals surface area contributed by atoms with Crippen LogP contribution in [0.15, 0.2) is 144 Å². The summed E-state index contributed by atoms with van der Waals surface area (Å²) in [6.45, 7) is 0. The third-order valence-corrected chi connectivity index (χ3v) is 10.1. The molecule has 0 bridgehead atoms. The molecule has 0 atom stereocenters. The molecule has 0 aliphatic heterocycles. The monoisotopic (exact) mass is 565 g/mol. The Hall–Kier alpha value is -5.38. The zero-order valence-corrected chi connectivity index (χ0v) is 23.9. The van der Waals surface area contributed by atoms with Crippen LogP contribution in [0.25, 0.3) is 91.5 Å². The molecule has 3 heterocycles. The lowest BCUT2D eigenvalue weighted by atomic mass is 10.0. The minimum atomic E-state index is 0.898. The van der Waals surface area contributed by atoms with E-state index in [1.54, 1.807) is 0 Å². The molecule has 0 spiro atoms. The van der Waals surface area contributed by atoms with E-state index in [1.807, 2.05) is 11.3 Å². The first-order chi connectivity index (χ1) is 21.3. The van der Waals surface area contributed by atoms with Crippen molar-refractivity contribution < 1.29 is 4.42 Å². The number of aromatic nitrogens is 1. The molecule has 0 saturated carbocycles. The predicted octanol–water partition coefficient (Wildman–Crippen LogP) is 11.9. The molecule has 0 saturated heterocycles. The smallest absolute Gasteiger partial charge is 0.143 e. The highest BCUT2D eigenvalue weighted by Gasteiger charge is 2.18. The second-order valence-corrected chi connectivity index (χ2v) is 12.4. The summed E-state index contributed by atoms with van der Waals surface area (Å²) in [4.78, 5) is 0. The quantitative estimate of drug-likeness (QED) is 0.204. The molecule has 0 radical (unpaired) electrons. The molecule has 3 heteroatoms. The minimum absolute atomic E-state index is 0.898. The Morgan fingerprint density at radius 1 is 0.465 bits per heavy atom. The van der Waals surface area contributed by atoms with Gasteiger partial charge in [0.05, 0.1) is 11.0 Å². The second-order valence-electron chi connectivity index (χ2n) is 11.3. The zero-order chi connectivity index (χ0) is 28.1. The number of hydrogen-bond donors (Lipinski definition) is 0. The van der Waals surface area contributed by atoms with Gasteiger partial charge in [-0.3, -0.25) is 0 Å². The number of hydrogen-bond acceptors (Lipinski definition) is 2. The van der Waals surface area contributed by atoms with Crippen LogP contribution in [0.4, 0.5) is 0 Å². The van der Waals surface area contributed by atoms with Gasteiger partial charge in [-0.05, 0) is 58.8 Å². The van der Waals surface area contributed by atoms with Crippen molar-refractivity contribution in [3.63, 3.8) is 0 Å². The maximum atomic E-state index is 6.67. The van der Waals surface area contributed by atoms with Gasteiger partial charge in [0.1, 0.15) is 11.2 Å². The van der Waals surface area contributed by atoms with E-state index in [9.17, 15) is 0 Å². The maximum absolute atomic E-state index is 6.67. The average molecular weight is 566 g/mol. The Kier molecular flexibility index (Phi) is 4.63. The number of fused-ring (bicyclic) bond motifs is 10. The molecule has 3 aromatic heterocycles. The highest BCUT2D eigenvalue weighted by atomic mass is 32.1. The molecule has 2 nitrogen and oxygen atoms in total. The summed E-state index contributed by atoms with van der Waals surface area (Å²) in [7, 11) is 0. The average Bonchev–Trinajstić information content (AvgIpc) is 3.71. The molecule has 0 aliphatic rings. The molecule has 0 aliphatic carbocycles. The van der Waals surface area contributed by atoms with Crippen molar-refractivity contribution in [1.82, 2.24) is 4.57 Å². The van der Waals surface area contributed by atoms with Crippen molar-refractivity contribution in [3.8, 4) is 16.8 Å². The molecular formula is C40H23NOS. The summed E-state index contributed by atoms with van der Waals surface area (Å²) in [5.74, 6) is 0. The van der Waals surface area contributed by atoms with Crippen LogP contribution in [0.2, 0.25) is 0 Å². The summed E-state index contributed by atoms with van der Waals surface area (Å²) < 4.78 is 11.7. The van der Waals surface area contributed by atoms with Gasteiger partial charge in [0.25, 0.3) is 0 Å². The molecule has 0 N–H and O–H groups in total. The van der Waals surface area contributed by atoms with E-state index in [2.05, 4.69) is 144 Å². The molecular weight excluding hydrogens is 543 g/mol. The van der Waals surface area contributed by atoms with Crippen LogP contribution < -0.4 is 0 Å². The van der Waals surface area contributed by atoms with Crippen LogP contribution in [-0.2, 0) is 0 Å². The van der Waals surface area contributed by atoms with E-state index in [4.69, 9.17) is 4.42 Å². The summed E-state index contributed by atoms with van der Waals surface area (Å²) >= 11 is 1.87. The Morgan fingerprint density at radius 2 is 1.21 bits per heavy atom. The topological polar surface area (TPSA) is 18.1 Å². The number of thiophene rings is 1. The predicted molar refractivity (Wildman–Crippen MR) is 184 cm³/mol. The molecule has 200 valence electrons. The first-order valence-corrected chi connectivity index (χ1v) is 15.4. The van der Waals surface area contributed by atoms with E-state index in [-0.39, 0.29) is 0 Å². The van der Waals surface area contributed by atoms with E-state index in [1.165, 1.54) is 52.8 Å². The normalized spacial score (nSPS) is 12.2. The van der Waals surface area contributed by atoms with Gasteiger partial charge in [0, 0.05) is 59.0 Å². The highest BCUT2D eigenvalue weighted by Crippen LogP contribution is 2.43. The van der Waals surface area contributed by atoms with Gasteiger partial charge in [-0.1, -0.05) is 91.0 Å². The second kappa shape index (κ2) is 8.57. The van der Waals surface area contributed by atoms with Crippen LogP contribution in [0.1, 0.15) is 0 Å². The first-order valence-electron chi connectivity index (χ1n) is 14.6. The van der Waals surface area contributed by atoms with Gasteiger partial charge in [0.15, 0.2) is 0 Å². The zero-order valence-electron chi connectivity index (χ0n) is 23.0. The molecule has 7 aromatic carbocycles. The standard InChI is InChI=1S/C40H23NOS/c1-2-9-24(10-3-1)28-14-8-15-31-29-18-17-27(21-37(29)42-40(28)31)41-35-20-26-12-5-4-11-25(26)19-32(35)33-22-34-30-13-6-7-16-38(30)43-39(34)23-36(33)41/h1-23H. The SMILES string of the molecule is c1ccc(-c2cccc3c2oc2cc(-n4c5cc6ccccc6cc5c5cc6c(cc54)sc4ccccc46)ccc23)cc1. The molecule has 10 rings (SSSR count). The lowest BCUT2D eigenvalue weighted by Crippen LogP contribution is -1.93. The van der Waals surface area contributed by atoms with E-state index in [0.29, 0.717) is 0 Å². The number of rotatable bonds is 2. The number of furan rings is 1. The molecule has 0 amide bonds. The Balaban J connectivity index is 1.30. The number of nitrogens with zero attached hydrogens (tertiary/aromatic N) is 1. The summed E-state index contributed by atoms with van der Waals surface area (Å²) in [6.07, 6.45) is 0. The van der Waals surface area contributed by atoms with Crippen LogP contribution in [0.5, 0.6) is 0 Å². The number of benzene rings is 7. The van der Waals surface area contributed by atoms with Gasteiger partial charge in [-0.25, -0.2) is 0 Å². The third kappa shape index (κ3) is 3.28. The fourth-order valence-electron chi connectivity index (χ4n) is 6.97. The van der Waals surface area contributed by atoms with Gasteiger partial charge in [0.2, 0.25) is 0 Å². The fraction of sp³-hybridized carbons (Fsp3) is 0. The Morgan fingerprint density at radius 3 is 2.12 bits per heavy atom. The summed E-state index contributed by atoms with van der Waals surface area (Å²) in [5, 5.41) is 9.95. The van der Waals surface area contributed by atoms with Gasteiger partial charge in [-0.2, -0.15) is 0 Å². The van der Waals surface area contributed by atoms with Crippen molar-refractivity contribution in [1.29, 1.82) is 0 Å². The lowest BCUT2D eigenvalue weighted by molar-refractivity contribution is 0.669. The maximum Gasteiger partial charge on any atom is 0.143 e. The van der Waals surface area contributed by atoms with Crippen LogP contribution in [-0.4, -0.2) is 4.57 Å². The van der Waals surface area contributed by atoms with E-state index >= 15 is 0 Å². The Labute approximate surface area is 250 Å². The fourth-order valence-corrected chi connectivity index (χ4v) is 8.09. The van der Waals surface area contributed by atoms with Crippen LogP contribution in [0, 0.1) is 0 Å². The minimum Gasteiger partial charge on any atom is -0.455 e. The first kappa shape index (κ1) is 23.2. The highest BCUT2D eigenvalue weighted by molar-refractivity contribution is 7.25. The van der Waals surface area contributed by atoms with Crippen molar-refractivity contribution in [2.45, 2.75) is 0 Å². The van der Waals surface area contributed by atoms with Crippen molar-refractivity contribution in [2.75, 3.05) is 0 Å². The lowest BCUT2D eigenvalue weighted by Gasteiger charge is -2.09. The van der Waals surface area contributed by atoms with Crippen LogP contribution >= 0.6 is 11.3 Å². The van der Waals surface area contributed by atoms with Crippen molar-refractivity contribution in [3.05, 3.63) is 140 Å². The summed E-state index contributed by atoms with van der Waals surface area (Å²) in [6, 6.07) is 50.5. The molecule has 10 aromatic rings. The molecule has 0 fully saturated rings. The van der Waals surface area contributed by atoms with E-state index < -0.39 is 0 Å². The van der Waals surface area contributed by atoms with Crippen molar-refractivity contribution in [2.24, 2.45) is 0 Å². The Bertz CT molecular complexity index is 2720. The molecule has 43 heavy (non-hydrogen) atoms. The number of para-hydroxylation sites is 1. The van der Waals surface area contributed by atoms with Gasteiger partial charge >= 0.3 is 0 Å². The summed E-state index contributed by atoms with van der Waals surface area (Å²) in [5.41, 5.74) is 7.63.